The maximum absolute atomic E-state index is 11.7. The predicted molar refractivity (Wildman–Crippen MR) is 60.8 cm³/mol. The van der Waals surface area contributed by atoms with Gasteiger partial charge < -0.3 is 0 Å². The minimum atomic E-state index is -3.33. The fraction of sp³-hybridized carbons (Fsp3) is 0.600. The molecule has 0 atom stereocenters. The average Bonchev–Trinajstić information content (AvgIpc) is 2.18. The Kier molecular flexibility index (Phi) is 8.62. The van der Waals surface area contributed by atoms with Gasteiger partial charge in [-0.05, 0) is 20.3 Å². The van der Waals surface area contributed by atoms with Crippen LogP contribution in [0.25, 0.3) is 0 Å². The Morgan fingerprint density at radius 1 is 1.20 bits per heavy atom. The van der Waals surface area contributed by atoms with E-state index >= 15 is 0 Å². The topological polar surface area (TPSA) is 44.8 Å². The molecule has 0 aliphatic heterocycles. The van der Waals surface area contributed by atoms with E-state index in [0.29, 0.717) is 26.2 Å². The van der Waals surface area contributed by atoms with E-state index in [1.807, 2.05) is 6.08 Å². The first-order valence-corrected chi connectivity index (χ1v) is 6.45. The van der Waals surface area contributed by atoms with Crippen LogP contribution in [0, 0.1) is 0 Å². The van der Waals surface area contributed by atoms with Crippen molar-refractivity contribution in [2.75, 3.05) is 19.8 Å². The molecule has 0 bridgehead atoms. The van der Waals surface area contributed by atoms with Gasteiger partial charge in [0.2, 0.25) is 0 Å². The molecule has 0 aromatic heterocycles. The molecule has 0 unspecified atom stereocenters. The first kappa shape index (κ1) is 14.6. The molecular formula is C10H19O4P. The molecule has 0 rings (SSSR count). The van der Waals surface area contributed by atoms with Crippen LogP contribution in [0.4, 0.5) is 0 Å². The quantitative estimate of drug-likeness (QED) is 0.349. The van der Waals surface area contributed by atoms with Crippen molar-refractivity contribution in [1.82, 2.24) is 0 Å². The molecule has 4 nitrogen and oxygen atoms in total. The van der Waals surface area contributed by atoms with Crippen molar-refractivity contribution in [3.8, 4) is 0 Å². The summed E-state index contributed by atoms with van der Waals surface area (Å²) in [5.41, 5.74) is 0. The number of phosphoric acid groups is 1. The van der Waals surface area contributed by atoms with Crippen LogP contribution in [0.5, 0.6) is 0 Å². The van der Waals surface area contributed by atoms with Gasteiger partial charge in [-0.25, -0.2) is 4.57 Å². The smallest absolute Gasteiger partial charge is 0.287 e. The zero-order valence-corrected chi connectivity index (χ0v) is 10.2. The summed E-state index contributed by atoms with van der Waals surface area (Å²) >= 11 is 0. The summed E-state index contributed by atoms with van der Waals surface area (Å²) in [6.45, 7) is 7.94. The normalized spacial score (nSPS) is 12.1. The van der Waals surface area contributed by atoms with Gasteiger partial charge in [-0.1, -0.05) is 24.8 Å². The highest BCUT2D eigenvalue weighted by atomic mass is 31.2. The van der Waals surface area contributed by atoms with E-state index in [1.54, 1.807) is 26.0 Å². The zero-order chi connectivity index (χ0) is 11.6. The Hall–Kier alpha value is -0.410. The van der Waals surface area contributed by atoms with Crippen LogP contribution in [0.3, 0.4) is 0 Å². The number of hydrogen-bond donors (Lipinski definition) is 0. The summed E-state index contributed by atoms with van der Waals surface area (Å²) in [6.07, 6.45) is 5.99. The SMILES string of the molecule is C=CC=CCCOP(=O)(OCC)OCC. The van der Waals surface area contributed by atoms with Crippen molar-refractivity contribution in [2.45, 2.75) is 20.3 Å². The van der Waals surface area contributed by atoms with Crippen molar-refractivity contribution in [3.05, 3.63) is 24.8 Å². The molecular weight excluding hydrogens is 215 g/mol. The molecule has 0 N–H and O–H groups in total. The van der Waals surface area contributed by atoms with E-state index in [1.165, 1.54) is 0 Å². The third kappa shape index (κ3) is 7.51. The van der Waals surface area contributed by atoms with Crippen LogP contribution in [-0.2, 0) is 18.1 Å². The van der Waals surface area contributed by atoms with E-state index in [4.69, 9.17) is 13.6 Å². The maximum atomic E-state index is 11.7. The van der Waals surface area contributed by atoms with Gasteiger partial charge in [0.1, 0.15) is 0 Å². The maximum Gasteiger partial charge on any atom is 0.474 e. The highest BCUT2D eigenvalue weighted by molar-refractivity contribution is 7.48. The van der Waals surface area contributed by atoms with Gasteiger partial charge in [0.05, 0.1) is 19.8 Å². The molecule has 0 saturated carbocycles. The van der Waals surface area contributed by atoms with Crippen LogP contribution < -0.4 is 0 Å². The summed E-state index contributed by atoms with van der Waals surface area (Å²) in [5, 5.41) is 0. The molecule has 0 aliphatic rings. The zero-order valence-electron chi connectivity index (χ0n) is 9.35. The van der Waals surface area contributed by atoms with E-state index in [0.717, 1.165) is 0 Å². The molecule has 15 heavy (non-hydrogen) atoms. The van der Waals surface area contributed by atoms with Crippen molar-refractivity contribution in [1.29, 1.82) is 0 Å². The van der Waals surface area contributed by atoms with Gasteiger partial charge in [0.25, 0.3) is 0 Å². The van der Waals surface area contributed by atoms with Gasteiger partial charge in [-0.2, -0.15) is 0 Å². The summed E-state index contributed by atoms with van der Waals surface area (Å²) in [5.74, 6) is 0. The average molecular weight is 234 g/mol. The van der Waals surface area contributed by atoms with Crippen LogP contribution in [0.15, 0.2) is 24.8 Å². The third-order valence-corrected chi connectivity index (χ3v) is 3.03. The molecule has 0 heterocycles. The molecule has 5 heteroatoms. The van der Waals surface area contributed by atoms with Crippen molar-refractivity contribution < 1.29 is 18.1 Å². The van der Waals surface area contributed by atoms with Gasteiger partial charge in [0, 0.05) is 0 Å². The molecule has 0 saturated heterocycles. The van der Waals surface area contributed by atoms with Crippen molar-refractivity contribution in [3.63, 3.8) is 0 Å². The second-order valence-electron chi connectivity index (χ2n) is 2.57. The van der Waals surface area contributed by atoms with E-state index in [2.05, 4.69) is 6.58 Å². The van der Waals surface area contributed by atoms with Crippen LogP contribution >= 0.6 is 7.82 Å². The van der Waals surface area contributed by atoms with Gasteiger partial charge in [-0.15, -0.1) is 0 Å². The predicted octanol–water partition coefficient (Wildman–Crippen LogP) is 3.32. The van der Waals surface area contributed by atoms with E-state index in [-0.39, 0.29) is 0 Å². The largest absolute Gasteiger partial charge is 0.474 e. The Bertz CT molecular complexity index is 228. The molecule has 0 radical (unpaired) electrons. The Morgan fingerprint density at radius 2 is 1.80 bits per heavy atom. The third-order valence-electron chi connectivity index (χ3n) is 1.38. The Labute approximate surface area is 91.5 Å². The van der Waals surface area contributed by atoms with Crippen molar-refractivity contribution >= 4 is 7.82 Å². The number of rotatable bonds is 9. The lowest BCUT2D eigenvalue weighted by molar-refractivity contribution is 0.123. The minimum absolute atomic E-state index is 0.305. The van der Waals surface area contributed by atoms with E-state index in [9.17, 15) is 4.57 Å². The standard InChI is InChI=1S/C10H19O4P/c1-4-7-8-9-10-14-15(11,12-5-2)13-6-3/h4,7-8H,1,5-6,9-10H2,2-3H3. The summed E-state index contributed by atoms with van der Waals surface area (Å²) < 4.78 is 26.7. The second-order valence-corrected chi connectivity index (χ2v) is 4.24. The summed E-state index contributed by atoms with van der Waals surface area (Å²) in [7, 11) is -3.33. The fourth-order valence-corrected chi connectivity index (χ4v) is 2.04. The van der Waals surface area contributed by atoms with Crippen LogP contribution in [0.1, 0.15) is 20.3 Å². The van der Waals surface area contributed by atoms with Gasteiger partial charge in [0.15, 0.2) is 0 Å². The molecule has 0 fully saturated rings. The van der Waals surface area contributed by atoms with Gasteiger partial charge in [-0.3, -0.25) is 13.6 Å². The highest BCUT2D eigenvalue weighted by Crippen LogP contribution is 2.49. The number of hydrogen-bond acceptors (Lipinski definition) is 4. The minimum Gasteiger partial charge on any atom is -0.287 e. The van der Waals surface area contributed by atoms with Crippen molar-refractivity contribution in [2.24, 2.45) is 0 Å². The summed E-state index contributed by atoms with van der Waals surface area (Å²) in [4.78, 5) is 0. The first-order valence-electron chi connectivity index (χ1n) is 4.99. The fourth-order valence-electron chi connectivity index (χ4n) is 0.853. The number of phosphoric ester groups is 1. The lowest BCUT2D eigenvalue weighted by Gasteiger charge is -2.15. The Morgan fingerprint density at radius 3 is 2.27 bits per heavy atom. The van der Waals surface area contributed by atoms with E-state index < -0.39 is 7.82 Å². The summed E-state index contributed by atoms with van der Waals surface area (Å²) in [6, 6.07) is 0. The number of allylic oxidation sites excluding steroid dienone is 2. The molecule has 0 aliphatic carbocycles. The van der Waals surface area contributed by atoms with Gasteiger partial charge >= 0.3 is 7.82 Å². The molecule has 0 aromatic rings. The molecule has 0 spiro atoms. The molecule has 0 amide bonds. The monoisotopic (exact) mass is 234 g/mol. The second kappa shape index (κ2) is 8.86. The lowest BCUT2D eigenvalue weighted by Crippen LogP contribution is -2.00. The Balaban J connectivity index is 3.90. The van der Waals surface area contributed by atoms with Crippen LogP contribution in [0.2, 0.25) is 0 Å². The molecule has 88 valence electrons. The lowest BCUT2D eigenvalue weighted by atomic mass is 10.4. The van der Waals surface area contributed by atoms with Crippen LogP contribution in [-0.4, -0.2) is 19.8 Å². The first-order chi connectivity index (χ1) is 7.18. The molecule has 0 aromatic carbocycles. The highest BCUT2D eigenvalue weighted by Gasteiger charge is 2.24.